The normalized spacial score (nSPS) is 15.4. The summed E-state index contributed by atoms with van der Waals surface area (Å²) in [5.41, 5.74) is 1.77. The van der Waals surface area contributed by atoms with E-state index in [-0.39, 0.29) is 11.4 Å². The highest BCUT2D eigenvalue weighted by Gasteiger charge is 2.20. The molecule has 1 aliphatic carbocycles. The molecular weight excluding hydrogens is 363 g/mol. The van der Waals surface area contributed by atoms with E-state index in [0.29, 0.717) is 17.2 Å². The summed E-state index contributed by atoms with van der Waals surface area (Å²) in [6.07, 6.45) is 8.81. The molecule has 0 saturated heterocycles. The highest BCUT2D eigenvalue weighted by atomic mass is 19.1. The van der Waals surface area contributed by atoms with Gasteiger partial charge in [0.2, 0.25) is 5.76 Å². The van der Waals surface area contributed by atoms with Gasteiger partial charge in [-0.2, -0.15) is 5.10 Å². The molecule has 0 N–H and O–H groups in total. The van der Waals surface area contributed by atoms with E-state index >= 15 is 0 Å². The van der Waals surface area contributed by atoms with Crippen molar-refractivity contribution in [3.63, 3.8) is 0 Å². The maximum absolute atomic E-state index is 14.6. The van der Waals surface area contributed by atoms with E-state index in [2.05, 4.69) is 9.84 Å². The Hall–Kier alpha value is -2.83. The molecule has 28 heavy (non-hydrogen) atoms. The largest absolute Gasteiger partial charge is 0.500 e. The van der Waals surface area contributed by atoms with E-state index < -0.39 is 11.8 Å². The standard InChI is InChI=1S/C21H25FN2O4/c1-14-11-16(22)18(12-19(14)28-20(13-26-2)21(25)27-3)24-10-9-17(23-24)15-7-5-4-6-8-15/h9-13,15H,4-8H2,1-3H3/b20-13-. The first kappa shape index (κ1) is 19.9. The molecule has 0 amide bonds. The highest BCUT2D eigenvalue weighted by molar-refractivity contribution is 5.86. The van der Waals surface area contributed by atoms with E-state index in [1.54, 1.807) is 13.1 Å². The van der Waals surface area contributed by atoms with Crippen LogP contribution < -0.4 is 4.74 Å². The molecule has 1 fully saturated rings. The first-order valence-corrected chi connectivity index (χ1v) is 9.38. The van der Waals surface area contributed by atoms with Gasteiger partial charge in [0, 0.05) is 18.2 Å². The number of methoxy groups -OCH3 is 2. The number of halogens is 1. The summed E-state index contributed by atoms with van der Waals surface area (Å²) >= 11 is 0. The predicted octanol–water partition coefficient (Wildman–Crippen LogP) is 4.41. The Morgan fingerprint density at radius 1 is 1.25 bits per heavy atom. The molecule has 0 unspecified atom stereocenters. The molecule has 6 nitrogen and oxygen atoms in total. The lowest BCUT2D eigenvalue weighted by Crippen LogP contribution is -2.12. The zero-order valence-corrected chi connectivity index (χ0v) is 16.4. The monoisotopic (exact) mass is 388 g/mol. The van der Waals surface area contributed by atoms with Crippen LogP contribution in [0, 0.1) is 12.7 Å². The van der Waals surface area contributed by atoms with Gasteiger partial charge in [0.25, 0.3) is 0 Å². The quantitative estimate of drug-likeness (QED) is 0.417. The number of hydrogen-bond acceptors (Lipinski definition) is 5. The van der Waals surface area contributed by atoms with Gasteiger partial charge >= 0.3 is 5.97 Å². The minimum absolute atomic E-state index is 0.131. The van der Waals surface area contributed by atoms with Crippen molar-refractivity contribution in [1.82, 2.24) is 9.78 Å². The number of carbonyl (C=O) groups excluding carboxylic acids is 1. The second-order valence-corrected chi connectivity index (χ2v) is 6.90. The third-order valence-corrected chi connectivity index (χ3v) is 4.96. The summed E-state index contributed by atoms with van der Waals surface area (Å²) < 4.78 is 31.3. The molecule has 0 bridgehead atoms. The Labute approximate surface area is 163 Å². The lowest BCUT2D eigenvalue weighted by Gasteiger charge is -2.19. The van der Waals surface area contributed by atoms with Crippen LogP contribution in [0.25, 0.3) is 5.69 Å². The lowest BCUT2D eigenvalue weighted by atomic mass is 9.87. The minimum Gasteiger partial charge on any atom is -0.500 e. The van der Waals surface area contributed by atoms with E-state index in [0.717, 1.165) is 24.8 Å². The fourth-order valence-corrected chi connectivity index (χ4v) is 3.46. The summed E-state index contributed by atoms with van der Waals surface area (Å²) in [4.78, 5) is 11.8. The fourth-order valence-electron chi connectivity index (χ4n) is 3.46. The second-order valence-electron chi connectivity index (χ2n) is 6.90. The Morgan fingerprint density at radius 3 is 2.68 bits per heavy atom. The third-order valence-electron chi connectivity index (χ3n) is 4.96. The highest BCUT2D eigenvalue weighted by Crippen LogP contribution is 2.32. The molecular formula is C21H25FN2O4. The number of aromatic nitrogens is 2. The van der Waals surface area contributed by atoms with Crippen LogP contribution in [0.5, 0.6) is 5.75 Å². The van der Waals surface area contributed by atoms with Crippen LogP contribution >= 0.6 is 0 Å². The van der Waals surface area contributed by atoms with Gasteiger partial charge in [-0.15, -0.1) is 0 Å². The molecule has 1 heterocycles. The van der Waals surface area contributed by atoms with Gasteiger partial charge in [-0.25, -0.2) is 13.9 Å². The van der Waals surface area contributed by atoms with Gasteiger partial charge < -0.3 is 14.2 Å². The smallest absolute Gasteiger partial charge is 0.377 e. The zero-order chi connectivity index (χ0) is 20.1. The summed E-state index contributed by atoms with van der Waals surface area (Å²) in [7, 11) is 2.64. The average Bonchev–Trinajstić information content (AvgIpc) is 3.19. The van der Waals surface area contributed by atoms with Gasteiger partial charge in [-0.1, -0.05) is 19.3 Å². The number of hydrogen-bond donors (Lipinski definition) is 0. The second kappa shape index (κ2) is 8.91. The number of benzene rings is 1. The van der Waals surface area contributed by atoms with Gasteiger partial charge in [0.15, 0.2) is 0 Å². The molecule has 1 aromatic carbocycles. The molecule has 0 radical (unpaired) electrons. The van der Waals surface area contributed by atoms with Crippen LogP contribution in [0.3, 0.4) is 0 Å². The Kier molecular flexibility index (Phi) is 6.34. The van der Waals surface area contributed by atoms with Crippen molar-refractivity contribution >= 4 is 5.97 Å². The zero-order valence-electron chi connectivity index (χ0n) is 16.4. The topological polar surface area (TPSA) is 62.6 Å². The molecule has 1 saturated carbocycles. The average molecular weight is 388 g/mol. The maximum atomic E-state index is 14.6. The van der Waals surface area contributed by atoms with Gasteiger partial charge in [0.05, 0.1) is 19.9 Å². The molecule has 0 aliphatic heterocycles. The van der Waals surface area contributed by atoms with Crippen molar-refractivity contribution in [3.05, 3.63) is 53.5 Å². The van der Waals surface area contributed by atoms with Crippen LogP contribution in [-0.2, 0) is 14.3 Å². The summed E-state index contributed by atoms with van der Waals surface area (Å²) in [6.45, 7) is 1.69. The third kappa shape index (κ3) is 4.35. The summed E-state index contributed by atoms with van der Waals surface area (Å²) in [6, 6.07) is 4.82. The predicted molar refractivity (Wildman–Crippen MR) is 102 cm³/mol. The number of carbonyl (C=O) groups is 1. The van der Waals surface area contributed by atoms with Gasteiger partial charge in [0.1, 0.15) is 23.5 Å². The molecule has 0 atom stereocenters. The summed E-state index contributed by atoms with van der Waals surface area (Å²) in [5, 5.41) is 4.59. The Morgan fingerprint density at radius 2 is 2.00 bits per heavy atom. The van der Waals surface area contributed by atoms with Crippen molar-refractivity contribution in [1.29, 1.82) is 0 Å². The van der Waals surface area contributed by atoms with Crippen molar-refractivity contribution < 1.29 is 23.4 Å². The minimum atomic E-state index is -0.689. The number of aryl methyl sites for hydroxylation is 1. The number of ether oxygens (including phenoxy) is 3. The van der Waals surface area contributed by atoms with Crippen molar-refractivity contribution in [2.75, 3.05) is 14.2 Å². The molecule has 1 aromatic heterocycles. The Bertz CT molecular complexity index is 869. The van der Waals surface area contributed by atoms with Crippen molar-refractivity contribution in [2.45, 2.75) is 44.9 Å². The van der Waals surface area contributed by atoms with E-state index in [1.165, 1.54) is 50.3 Å². The van der Waals surface area contributed by atoms with Crippen LogP contribution in [0.4, 0.5) is 4.39 Å². The Balaban J connectivity index is 1.90. The fraction of sp³-hybridized carbons (Fsp3) is 0.429. The number of rotatable bonds is 6. The van der Waals surface area contributed by atoms with Gasteiger partial charge in [-0.3, -0.25) is 0 Å². The van der Waals surface area contributed by atoms with Crippen molar-refractivity contribution in [3.8, 4) is 11.4 Å². The molecule has 7 heteroatoms. The SMILES string of the molecule is CO/C=C(\Oc1cc(-n2ccc(C3CCCCC3)n2)c(F)cc1C)C(=O)OC. The van der Waals surface area contributed by atoms with E-state index in [4.69, 9.17) is 9.47 Å². The molecule has 150 valence electrons. The van der Waals surface area contributed by atoms with Crippen LogP contribution in [0.1, 0.15) is 49.3 Å². The van der Waals surface area contributed by atoms with E-state index in [9.17, 15) is 9.18 Å². The van der Waals surface area contributed by atoms with Crippen LogP contribution in [0.2, 0.25) is 0 Å². The van der Waals surface area contributed by atoms with Crippen molar-refractivity contribution in [2.24, 2.45) is 0 Å². The molecule has 1 aliphatic rings. The van der Waals surface area contributed by atoms with Crippen LogP contribution in [0.15, 0.2) is 36.4 Å². The molecule has 3 rings (SSSR count). The number of nitrogens with zero attached hydrogens (tertiary/aromatic N) is 2. The van der Waals surface area contributed by atoms with Gasteiger partial charge in [-0.05, 0) is 37.5 Å². The first-order valence-electron chi connectivity index (χ1n) is 9.38. The van der Waals surface area contributed by atoms with E-state index in [1.807, 2.05) is 6.07 Å². The molecule has 2 aromatic rings. The number of esters is 1. The van der Waals surface area contributed by atoms with Crippen LogP contribution in [-0.4, -0.2) is 30.0 Å². The summed E-state index contributed by atoms with van der Waals surface area (Å²) in [5.74, 6) is -0.493. The first-order chi connectivity index (χ1) is 13.5. The molecule has 0 spiro atoms. The maximum Gasteiger partial charge on any atom is 0.377 e. The lowest BCUT2D eigenvalue weighted by molar-refractivity contribution is -0.138.